The van der Waals surface area contributed by atoms with E-state index in [1.807, 2.05) is 47.9 Å². The Morgan fingerprint density at radius 2 is 2.14 bits per heavy atom. The lowest BCUT2D eigenvalue weighted by Gasteiger charge is -2.23. The van der Waals surface area contributed by atoms with Crippen molar-refractivity contribution < 1.29 is 8.42 Å². The lowest BCUT2D eigenvalue weighted by molar-refractivity contribution is 0.393. The van der Waals surface area contributed by atoms with E-state index in [1.165, 1.54) is 6.26 Å². The van der Waals surface area contributed by atoms with Crippen LogP contribution >= 0.6 is 0 Å². The minimum Gasteiger partial charge on any atom is -0.361 e. The molecule has 0 spiro atoms. The number of sulfonamides is 1. The molecule has 2 aromatic heterocycles. The summed E-state index contributed by atoms with van der Waals surface area (Å²) in [4.78, 5) is 6.67. The van der Waals surface area contributed by atoms with E-state index in [4.69, 9.17) is 4.98 Å². The van der Waals surface area contributed by atoms with Crippen LogP contribution in [0.1, 0.15) is 24.6 Å². The fourth-order valence-corrected chi connectivity index (χ4v) is 4.11. The Balaban J connectivity index is 2.12. The van der Waals surface area contributed by atoms with E-state index in [2.05, 4.69) is 0 Å². The monoisotopic (exact) mass is 308 g/mol. The van der Waals surface area contributed by atoms with Crippen LogP contribution in [0, 0.1) is 0 Å². The zero-order valence-corrected chi connectivity index (χ0v) is 13.3. The van der Waals surface area contributed by atoms with Gasteiger partial charge in [-0.2, -0.15) is 4.31 Å². The molecule has 3 rings (SSSR count). The zero-order valence-electron chi connectivity index (χ0n) is 12.5. The molecular formula is C14H20N4O2S. The molecule has 21 heavy (non-hydrogen) atoms. The highest BCUT2D eigenvalue weighted by Crippen LogP contribution is 2.34. The molecule has 3 heterocycles. The predicted octanol–water partition coefficient (Wildman–Crippen LogP) is 1.50. The third kappa shape index (κ3) is 2.51. The van der Waals surface area contributed by atoms with E-state index in [0.29, 0.717) is 6.54 Å². The molecule has 1 aliphatic rings. The van der Waals surface area contributed by atoms with Crippen LogP contribution in [0.15, 0.2) is 24.5 Å². The summed E-state index contributed by atoms with van der Waals surface area (Å²) in [5.41, 5.74) is 1.83. The summed E-state index contributed by atoms with van der Waals surface area (Å²) in [6.45, 7) is 0.576. The van der Waals surface area contributed by atoms with Crippen molar-refractivity contribution in [2.75, 3.05) is 31.8 Å². The van der Waals surface area contributed by atoms with E-state index in [9.17, 15) is 8.42 Å². The van der Waals surface area contributed by atoms with E-state index in [-0.39, 0.29) is 6.04 Å². The number of rotatable bonds is 3. The smallest absolute Gasteiger partial charge is 0.211 e. The summed E-state index contributed by atoms with van der Waals surface area (Å²) in [6.07, 6.45) is 6.87. The standard InChI is InChI=1S/C14H20N4O2S/c1-16(2)14-13-7-4-8-17(13)10-11(15-14)12-6-5-9-18(12)21(3,19)20/h4,7-8,10,12H,5-6,9H2,1-3H3. The summed E-state index contributed by atoms with van der Waals surface area (Å²) in [5, 5.41) is 0. The number of anilines is 1. The Morgan fingerprint density at radius 1 is 1.38 bits per heavy atom. The normalized spacial score (nSPS) is 20.2. The predicted molar refractivity (Wildman–Crippen MR) is 83.0 cm³/mol. The van der Waals surface area contributed by atoms with Crippen molar-refractivity contribution in [1.29, 1.82) is 0 Å². The van der Waals surface area contributed by atoms with Gasteiger partial charge >= 0.3 is 0 Å². The molecule has 1 atom stereocenters. The van der Waals surface area contributed by atoms with E-state index in [1.54, 1.807) is 4.31 Å². The summed E-state index contributed by atoms with van der Waals surface area (Å²) in [7, 11) is 0.691. The third-order valence-corrected chi connectivity index (χ3v) is 5.20. The average molecular weight is 308 g/mol. The number of nitrogens with zero attached hydrogens (tertiary/aromatic N) is 4. The second-order valence-electron chi connectivity index (χ2n) is 5.72. The van der Waals surface area contributed by atoms with Crippen molar-refractivity contribution in [3.8, 4) is 0 Å². The first-order valence-electron chi connectivity index (χ1n) is 6.99. The van der Waals surface area contributed by atoms with Crippen molar-refractivity contribution in [1.82, 2.24) is 13.7 Å². The minimum atomic E-state index is -3.20. The molecule has 2 aromatic rings. The van der Waals surface area contributed by atoms with Gasteiger partial charge in [0, 0.05) is 33.0 Å². The van der Waals surface area contributed by atoms with Crippen LogP contribution in [0.5, 0.6) is 0 Å². The van der Waals surface area contributed by atoms with Gasteiger partial charge in [-0.3, -0.25) is 0 Å². The van der Waals surface area contributed by atoms with Gasteiger partial charge in [0.25, 0.3) is 0 Å². The molecule has 0 amide bonds. The molecule has 1 saturated heterocycles. The summed E-state index contributed by atoms with van der Waals surface area (Å²) < 4.78 is 27.4. The molecule has 0 bridgehead atoms. The van der Waals surface area contributed by atoms with Gasteiger partial charge in [-0.1, -0.05) is 0 Å². The van der Waals surface area contributed by atoms with Crippen molar-refractivity contribution in [3.63, 3.8) is 0 Å². The molecule has 7 heteroatoms. The Kier molecular flexibility index (Phi) is 3.41. The molecule has 0 saturated carbocycles. The average Bonchev–Trinajstić information content (AvgIpc) is 3.05. The molecule has 6 nitrogen and oxygen atoms in total. The first-order valence-corrected chi connectivity index (χ1v) is 8.84. The lowest BCUT2D eigenvalue weighted by Crippen LogP contribution is -2.30. The summed E-state index contributed by atoms with van der Waals surface area (Å²) in [5.74, 6) is 0.859. The minimum absolute atomic E-state index is 0.162. The summed E-state index contributed by atoms with van der Waals surface area (Å²) in [6, 6.07) is 3.82. The Bertz CT molecular complexity index is 766. The van der Waals surface area contributed by atoms with Crippen molar-refractivity contribution in [3.05, 3.63) is 30.2 Å². The van der Waals surface area contributed by atoms with E-state index >= 15 is 0 Å². The number of fused-ring (bicyclic) bond motifs is 1. The summed E-state index contributed by atoms with van der Waals surface area (Å²) >= 11 is 0. The fraction of sp³-hybridized carbons (Fsp3) is 0.500. The molecule has 0 aliphatic carbocycles. The molecule has 1 unspecified atom stereocenters. The molecule has 0 radical (unpaired) electrons. The number of hydrogen-bond donors (Lipinski definition) is 0. The maximum absolute atomic E-state index is 11.9. The Labute approximate surface area is 125 Å². The fourth-order valence-electron chi connectivity index (χ4n) is 2.97. The SMILES string of the molecule is CN(C)c1nc(C2CCCN2S(C)(=O)=O)cn2cccc12. The molecule has 0 aromatic carbocycles. The van der Waals surface area contributed by atoms with Crippen LogP contribution < -0.4 is 4.90 Å². The number of hydrogen-bond acceptors (Lipinski definition) is 4. The van der Waals surface area contributed by atoms with Gasteiger partial charge in [0.1, 0.15) is 0 Å². The third-order valence-electron chi connectivity index (χ3n) is 3.91. The van der Waals surface area contributed by atoms with Crippen LogP contribution in [0.2, 0.25) is 0 Å². The quantitative estimate of drug-likeness (QED) is 0.862. The highest BCUT2D eigenvalue weighted by atomic mass is 32.2. The Hall–Kier alpha value is -1.60. The topological polar surface area (TPSA) is 57.9 Å². The maximum Gasteiger partial charge on any atom is 0.211 e. The maximum atomic E-state index is 11.9. The van der Waals surface area contributed by atoms with Crippen LogP contribution in [-0.2, 0) is 10.0 Å². The molecule has 0 N–H and O–H groups in total. The highest BCUT2D eigenvalue weighted by Gasteiger charge is 2.34. The van der Waals surface area contributed by atoms with Gasteiger partial charge in [0.05, 0.1) is 23.5 Å². The Morgan fingerprint density at radius 3 is 2.81 bits per heavy atom. The van der Waals surface area contributed by atoms with Crippen LogP contribution in [0.4, 0.5) is 5.82 Å². The zero-order chi connectivity index (χ0) is 15.2. The van der Waals surface area contributed by atoms with Gasteiger partial charge in [-0.05, 0) is 25.0 Å². The molecular weight excluding hydrogens is 288 g/mol. The van der Waals surface area contributed by atoms with E-state index in [0.717, 1.165) is 29.9 Å². The van der Waals surface area contributed by atoms with Crippen LogP contribution in [0.25, 0.3) is 5.52 Å². The number of aromatic nitrogens is 2. The largest absolute Gasteiger partial charge is 0.361 e. The van der Waals surface area contributed by atoms with Crippen molar-refractivity contribution >= 4 is 21.4 Å². The van der Waals surface area contributed by atoms with Crippen molar-refractivity contribution in [2.45, 2.75) is 18.9 Å². The first kappa shape index (κ1) is 14.3. The molecule has 114 valence electrons. The van der Waals surface area contributed by atoms with Gasteiger partial charge in [0.15, 0.2) is 5.82 Å². The van der Waals surface area contributed by atoms with Gasteiger partial charge in [-0.25, -0.2) is 13.4 Å². The van der Waals surface area contributed by atoms with Gasteiger partial charge < -0.3 is 9.30 Å². The highest BCUT2D eigenvalue weighted by molar-refractivity contribution is 7.88. The van der Waals surface area contributed by atoms with Crippen molar-refractivity contribution in [2.24, 2.45) is 0 Å². The van der Waals surface area contributed by atoms with Gasteiger partial charge in [-0.15, -0.1) is 0 Å². The molecule has 1 aliphatic heterocycles. The van der Waals surface area contributed by atoms with Crippen LogP contribution in [-0.4, -0.2) is 49.0 Å². The first-order chi connectivity index (χ1) is 9.88. The second-order valence-corrected chi connectivity index (χ2v) is 7.65. The second kappa shape index (κ2) is 4.99. The molecule has 1 fully saturated rings. The lowest BCUT2D eigenvalue weighted by atomic mass is 10.1. The van der Waals surface area contributed by atoms with Crippen LogP contribution in [0.3, 0.4) is 0 Å². The van der Waals surface area contributed by atoms with E-state index < -0.39 is 10.0 Å². The van der Waals surface area contributed by atoms with Gasteiger partial charge in [0.2, 0.25) is 10.0 Å².